The number of carbonyl (C=O) groups is 14. The predicted octanol–water partition coefficient (Wildman–Crippen LogP) is 4.78. The summed E-state index contributed by atoms with van der Waals surface area (Å²) in [5.74, 6) is -10.1. The van der Waals surface area contributed by atoms with Crippen molar-refractivity contribution >= 4 is 83.2 Å². The number of methoxy groups -OCH3 is 3. The van der Waals surface area contributed by atoms with Gasteiger partial charge in [-0.2, -0.15) is 0 Å². The molecular formula is C87H146O39. The molecule has 0 aromatic heterocycles. The number of carbonyl (C=O) groups excluding carboxylic acids is 12. The van der Waals surface area contributed by atoms with Crippen LogP contribution in [0.15, 0.2) is 60.8 Å². The summed E-state index contributed by atoms with van der Waals surface area (Å²) in [6.07, 6.45) is 31.4. The van der Waals surface area contributed by atoms with Crippen LogP contribution in [0.5, 0.6) is 0 Å². The number of rotatable bonds is 49. The Balaban J connectivity index is -0.000000433. The Morgan fingerprint density at radius 2 is 0.746 bits per heavy atom. The molecule has 0 radical (unpaired) electrons. The average Bonchev–Trinajstić information content (AvgIpc) is 1.63. The van der Waals surface area contributed by atoms with Crippen LogP contribution in [0.25, 0.3) is 0 Å². The molecule has 16 atom stereocenters. The Morgan fingerprint density at radius 3 is 1.03 bits per heavy atom. The highest BCUT2D eigenvalue weighted by atomic mass is 16.7. The lowest BCUT2D eigenvalue weighted by molar-refractivity contribution is -0.165. The molecule has 5 aliphatic rings. The summed E-state index contributed by atoms with van der Waals surface area (Å²) in [4.78, 5) is 147. The third-order valence-electron chi connectivity index (χ3n) is 17.9. The molecule has 5 rings (SSSR count). The van der Waals surface area contributed by atoms with E-state index in [4.69, 9.17) is 51.1 Å². The lowest BCUT2D eigenvalue weighted by atomic mass is 10.0. The van der Waals surface area contributed by atoms with E-state index in [1.54, 1.807) is 26.8 Å². The van der Waals surface area contributed by atoms with Crippen LogP contribution in [0.3, 0.4) is 0 Å². The normalized spacial score (nSPS) is 19.9. The van der Waals surface area contributed by atoms with E-state index < -0.39 is 164 Å². The number of unbranched alkanes of at least 4 members (excludes halogenated alkanes) is 26. The highest BCUT2D eigenvalue weighted by Gasteiger charge is 2.57. The van der Waals surface area contributed by atoms with E-state index in [1.807, 2.05) is 12.2 Å². The zero-order valence-electron chi connectivity index (χ0n) is 75.0. The number of carboxylic acid groups (broad SMARTS) is 2. The minimum Gasteiger partial charge on any atom is -0.479 e. The van der Waals surface area contributed by atoms with Gasteiger partial charge in [0.1, 0.15) is 12.2 Å². The van der Waals surface area contributed by atoms with Crippen LogP contribution in [0.4, 0.5) is 0 Å². The fraction of sp³-hybridized carbons (Fsp3) is 0.724. The van der Waals surface area contributed by atoms with Crippen LogP contribution in [-0.4, -0.2) is 305 Å². The molecular weight excluding hydrogens is 1670 g/mol. The van der Waals surface area contributed by atoms with Crippen LogP contribution in [-0.2, 0) is 114 Å². The number of carboxylic acids is 2. The second-order valence-corrected chi connectivity index (χ2v) is 28.7. The van der Waals surface area contributed by atoms with Crippen molar-refractivity contribution in [2.24, 2.45) is 0 Å². The van der Waals surface area contributed by atoms with Gasteiger partial charge >= 0.3 is 71.6 Å². The summed E-state index contributed by atoms with van der Waals surface area (Å²) < 4.78 is 44.7. The number of hydrogen-bond donors (Lipinski definition) is 15. The van der Waals surface area contributed by atoms with Gasteiger partial charge in [-0.3, -0.25) is 9.59 Å². The number of aliphatic hydroxyl groups is 13. The molecule has 0 saturated carbocycles. The molecule has 3 fully saturated rings. The number of fused-ring (bicyclic) bond motifs is 1. The highest BCUT2D eigenvalue weighted by Crippen LogP contribution is 2.29. The Morgan fingerprint density at radius 1 is 0.389 bits per heavy atom. The van der Waals surface area contributed by atoms with Crippen LogP contribution in [0.2, 0.25) is 0 Å². The zero-order chi connectivity index (χ0) is 96.9. The number of ketones is 2. The monoisotopic (exact) mass is 1810 g/mol. The molecule has 3 saturated heterocycles. The van der Waals surface area contributed by atoms with E-state index >= 15 is 0 Å². The number of esters is 10. The second kappa shape index (κ2) is 81.9. The molecule has 0 aromatic carbocycles. The molecule has 0 bridgehead atoms. The van der Waals surface area contributed by atoms with Crippen molar-refractivity contribution in [1.82, 2.24) is 0 Å². The lowest BCUT2D eigenvalue weighted by Gasteiger charge is -2.15. The molecule has 0 amide bonds. The molecule has 0 spiro atoms. The first-order valence-electron chi connectivity index (χ1n) is 42.9. The summed E-state index contributed by atoms with van der Waals surface area (Å²) >= 11 is 0. The topological polar surface area (TPSA) is 635 Å². The molecule has 0 aliphatic carbocycles. The maximum Gasteiger partial charge on any atom is 0.339 e. The summed E-state index contributed by atoms with van der Waals surface area (Å²) in [6.45, 7) is 15.1. The summed E-state index contributed by atoms with van der Waals surface area (Å²) in [5.41, 5.74) is 0. The van der Waals surface area contributed by atoms with Crippen molar-refractivity contribution < 1.29 is 191 Å². The van der Waals surface area contributed by atoms with E-state index in [2.05, 4.69) is 75.1 Å². The van der Waals surface area contributed by atoms with Gasteiger partial charge in [0.2, 0.25) is 0 Å². The summed E-state index contributed by atoms with van der Waals surface area (Å²) in [7, 11) is 3.80. The predicted molar refractivity (Wildman–Crippen MR) is 452 cm³/mol. The van der Waals surface area contributed by atoms with E-state index in [0.717, 1.165) is 63.5 Å². The Bertz CT molecular complexity index is 3060. The molecule has 39 heteroatoms. The molecule has 5 aliphatic heterocycles. The van der Waals surface area contributed by atoms with Crippen LogP contribution >= 0.6 is 0 Å². The third kappa shape index (κ3) is 66.6. The standard InChI is InChI=1S/2C13H26O4.C13H24O2.C13H24O.C8H10O5.C7H10O3.C6H6O6.C5H8O5.C5H6O3.C4H6O6/c2*1-3-4-5-6-7-8-9-10-11(14)12(15)13(16)17-2;1-3-4-5-6-7-8-9-10-11-12-13(14)15-2;1-3-4-5-6-7-8-9-10-11-12-13(2)14;1-2-12-8(11)7(10)5-3-4-6(9)13-5;1-3-10-7(9)5-4-6(2)8;7-1-3-4(12-5(1)9)2(8)6(10)11-3;6-1-2-3(7)4(8)5(9)10-2;6-3-4-1-2-5(7)8-4;5-1(3(7)8)2(6)4(9)10/h2*11-12,14-15H,3-10H2,1-2H3;11-12H,3-10H2,1-2H3;11-12H,3-10H2,1-2H3;3-5,7,10H,2H2,1H3;4-5H,3H2,1-2H3;1-4,7-8H;2-4,6-8H,1H2;1-2,4,6H,3H2;1-2,5-6H,(H,7,8)(H,9,10)/b;;12-11+;12-11-;;5-4+;;;;/t11-,12+;11-,12-;;;5-,7+;;1-,2+,3-,4-;2-,3-,4-;4-;1-,2-/m00..0.1101/s1. The molecule has 39 nitrogen and oxygen atoms in total. The van der Waals surface area contributed by atoms with E-state index in [-0.39, 0.29) is 36.7 Å². The van der Waals surface area contributed by atoms with Gasteiger partial charge in [0.25, 0.3) is 0 Å². The summed E-state index contributed by atoms with van der Waals surface area (Å²) in [6, 6.07) is 0. The van der Waals surface area contributed by atoms with E-state index in [1.165, 1.54) is 200 Å². The minimum atomic E-state index is -2.27. The quantitative estimate of drug-likeness (QED) is 0.0169. The molecule has 126 heavy (non-hydrogen) atoms. The fourth-order valence-electron chi connectivity index (χ4n) is 10.6. The number of aliphatic carboxylic acids is 2. The largest absolute Gasteiger partial charge is 0.479 e. The van der Waals surface area contributed by atoms with Gasteiger partial charge in [-0.25, -0.2) is 57.5 Å². The SMILES string of the molecule is CCCCCCCCC/C=C/C(=O)OC.CCCCCCCCC/C=C\C(C)=O.CCCCCCCCC[C@H](O)[C@@H](O)C(=O)OC.CCCCCCCCC[C@H](O)[C@H](O)C(=O)OC.CCOC(=O)/C=C/C(C)=O.CCOC(=O)[C@H](O)[C@@H]1C=CC(=O)O1.O=C(O)[C@H](O)[C@@H](O)C(=O)O.O=C1C=C[C@@H](CO)O1.O=C1O[C@H](CO)[C@@H](O)[C@H]1O.O=C1O[C@H]2[C@H](OC(=O)[C@@H]2O)[C@@H]1O. The number of cyclic esters (lactones) is 3. The number of aliphatic hydroxyl groups excluding tert-OH is 13. The van der Waals surface area contributed by atoms with Crippen molar-refractivity contribution in [2.75, 3.05) is 47.8 Å². The fourth-order valence-corrected chi connectivity index (χ4v) is 10.6. The Labute approximate surface area is 738 Å². The average molecular weight is 1820 g/mol. The molecule has 0 aromatic rings. The maximum absolute atomic E-state index is 10.9. The second-order valence-electron chi connectivity index (χ2n) is 28.7. The van der Waals surface area contributed by atoms with Crippen molar-refractivity contribution in [2.45, 2.75) is 359 Å². The van der Waals surface area contributed by atoms with E-state index in [9.17, 15) is 92.7 Å². The zero-order valence-corrected chi connectivity index (χ0v) is 75.0. The Hall–Kier alpha value is -8.84. The van der Waals surface area contributed by atoms with Crippen molar-refractivity contribution in [3.05, 3.63) is 60.8 Å². The van der Waals surface area contributed by atoms with Crippen LogP contribution in [0, 0.1) is 0 Å². The minimum absolute atomic E-state index is 0.123. The van der Waals surface area contributed by atoms with Gasteiger partial charge < -0.3 is 124 Å². The Kier molecular flexibility index (Phi) is 81.7. The van der Waals surface area contributed by atoms with Gasteiger partial charge in [0.15, 0.2) is 84.8 Å². The van der Waals surface area contributed by atoms with Crippen molar-refractivity contribution in [3.8, 4) is 0 Å². The first kappa shape index (κ1) is 126. The number of ether oxygens (including phenoxy) is 10. The molecule has 0 unspecified atom stereocenters. The van der Waals surface area contributed by atoms with Gasteiger partial charge in [-0.15, -0.1) is 0 Å². The maximum atomic E-state index is 10.9. The summed E-state index contributed by atoms with van der Waals surface area (Å²) in [5, 5.41) is 132. The van der Waals surface area contributed by atoms with Gasteiger partial charge in [-0.05, 0) is 90.5 Å². The number of allylic oxidation sites excluding steroid dienone is 4. The number of hydrogen-bond acceptors (Lipinski definition) is 37. The van der Waals surface area contributed by atoms with Gasteiger partial charge in [-0.1, -0.05) is 207 Å². The van der Waals surface area contributed by atoms with Crippen LogP contribution in [0.1, 0.15) is 261 Å². The van der Waals surface area contributed by atoms with Crippen molar-refractivity contribution in [3.63, 3.8) is 0 Å². The smallest absolute Gasteiger partial charge is 0.339 e. The molecule has 5 heterocycles. The highest BCUT2D eigenvalue weighted by molar-refractivity contribution is 5.94. The van der Waals surface area contributed by atoms with E-state index in [0.29, 0.717) is 19.4 Å². The lowest BCUT2D eigenvalue weighted by Crippen LogP contribution is -2.39. The first-order chi connectivity index (χ1) is 59.7. The van der Waals surface area contributed by atoms with Crippen molar-refractivity contribution in [1.29, 1.82) is 0 Å². The van der Waals surface area contributed by atoms with Gasteiger partial charge in [0.05, 0.1) is 60.0 Å². The van der Waals surface area contributed by atoms with Crippen LogP contribution < -0.4 is 0 Å². The molecule has 15 N–H and O–H groups in total. The third-order valence-corrected chi connectivity index (χ3v) is 17.9. The first-order valence-corrected chi connectivity index (χ1v) is 42.9. The van der Waals surface area contributed by atoms with Gasteiger partial charge in [0, 0.05) is 24.3 Å². The molecule has 728 valence electrons.